The molecular formula is C19H20Cl2N4O5S. The quantitative estimate of drug-likeness (QED) is 0.353. The molecule has 0 aliphatic carbocycles. The minimum atomic E-state index is -3.99. The van der Waals surface area contributed by atoms with E-state index in [1.54, 1.807) is 37.3 Å². The number of hydrogen-bond acceptors (Lipinski definition) is 6. The lowest BCUT2D eigenvalue weighted by Crippen LogP contribution is -2.42. The van der Waals surface area contributed by atoms with E-state index in [0.29, 0.717) is 10.6 Å². The van der Waals surface area contributed by atoms with E-state index < -0.39 is 34.7 Å². The Kier molecular flexibility index (Phi) is 7.05. The van der Waals surface area contributed by atoms with Crippen LogP contribution in [0.15, 0.2) is 58.7 Å². The largest absolute Gasteiger partial charge is 0.597 e. The molecule has 3 rings (SSSR count). The van der Waals surface area contributed by atoms with Crippen molar-refractivity contribution in [2.45, 2.75) is 24.0 Å². The number of nitrogens with zero attached hydrogens (tertiary/aromatic N) is 4. The van der Waals surface area contributed by atoms with Gasteiger partial charge in [0, 0.05) is 28.2 Å². The molecule has 0 radical (unpaired) electrons. The molecule has 0 aromatic heterocycles. The summed E-state index contributed by atoms with van der Waals surface area (Å²) in [6, 6.07) is 11.9. The van der Waals surface area contributed by atoms with Gasteiger partial charge >= 0.3 is 0 Å². The van der Waals surface area contributed by atoms with Crippen molar-refractivity contribution in [3.05, 3.63) is 69.3 Å². The molecule has 1 amide bonds. The Morgan fingerprint density at radius 2 is 1.94 bits per heavy atom. The second-order valence-corrected chi connectivity index (χ2v) is 9.59. The highest BCUT2D eigenvalue weighted by molar-refractivity contribution is 7.89. The van der Waals surface area contributed by atoms with Gasteiger partial charge in [0.05, 0.1) is 4.90 Å². The van der Waals surface area contributed by atoms with Crippen LogP contribution >= 0.6 is 23.2 Å². The van der Waals surface area contributed by atoms with Crippen molar-refractivity contribution in [1.82, 2.24) is 9.21 Å². The number of carbonyl (C=O) groups is 1. The van der Waals surface area contributed by atoms with E-state index in [0.717, 1.165) is 0 Å². The molecule has 12 heteroatoms. The SMILES string of the molecule is CO/N=[N+](\[O-])CC(=O)N1C(C)CN(S(=O)(=O)c2ccccc2)C1c1ccc(Cl)cc1Cl. The number of carbonyl (C=O) groups excluding carboxylic acids is 1. The summed E-state index contributed by atoms with van der Waals surface area (Å²) < 4.78 is 28.1. The first-order chi connectivity index (χ1) is 14.7. The Balaban J connectivity index is 2.11. The molecule has 9 nitrogen and oxygen atoms in total. The average molecular weight is 487 g/mol. The molecule has 2 unspecified atom stereocenters. The van der Waals surface area contributed by atoms with E-state index >= 15 is 0 Å². The van der Waals surface area contributed by atoms with Crippen LogP contribution in [0.25, 0.3) is 0 Å². The molecule has 0 saturated carbocycles. The monoisotopic (exact) mass is 486 g/mol. The van der Waals surface area contributed by atoms with Gasteiger partial charge in [-0.05, 0) is 36.0 Å². The van der Waals surface area contributed by atoms with E-state index in [1.807, 2.05) is 0 Å². The summed E-state index contributed by atoms with van der Waals surface area (Å²) in [6.07, 6.45) is -1.08. The second-order valence-electron chi connectivity index (χ2n) is 6.85. The lowest BCUT2D eigenvalue weighted by atomic mass is 10.1. The molecule has 1 aliphatic heterocycles. The van der Waals surface area contributed by atoms with Crippen LogP contribution in [-0.4, -0.2) is 54.6 Å². The van der Waals surface area contributed by atoms with Gasteiger partial charge in [-0.15, -0.1) is 0 Å². The van der Waals surface area contributed by atoms with Crippen molar-refractivity contribution in [2.24, 2.45) is 5.28 Å². The molecular weight excluding hydrogens is 467 g/mol. The molecule has 2 atom stereocenters. The van der Waals surface area contributed by atoms with Crippen LogP contribution in [0.5, 0.6) is 0 Å². The molecule has 2 aromatic rings. The van der Waals surface area contributed by atoms with Gasteiger partial charge in [-0.25, -0.2) is 8.42 Å². The summed E-state index contributed by atoms with van der Waals surface area (Å²) in [7, 11) is -2.81. The zero-order valence-corrected chi connectivity index (χ0v) is 19.0. The Morgan fingerprint density at radius 1 is 1.26 bits per heavy atom. The summed E-state index contributed by atoms with van der Waals surface area (Å²) in [4.78, 5) is 18.9. The van der Waals surface area contributed by atoms with Crippen molar-refractivity contribution >= 4 is 39.1 Å². The van der Waals surface area contributed by atoms with E-state index in [1.165, 1.54) is 34.5 Å². The highest BCUT2D eigenvalue weighted by atomic mass is 35.5. The van der Waals surface area contributed by atoms with Gasteiger partial charge in [0.15, 0.2) is 5.28 Å². The smallest absolute Gasteiger partial charge is 0.294 e. The van der Waals surface area contributed by atoms with Gasteiger partial charge < -0.3 is 14.9 Å². The summed E-state index contributed by atoms with van der Waals surface area (Å²) in [5, 5.41) is 15.5. The highest BCUT2D eigenvalue weighted by Gasteiger charge is 2.48. The number of sulfonamides is 1. The average Bonchev–Trinajstić information content (AvgIpc) is 3.06. The molecule has 1 heterocycles. The standard InChI is InChI=1S/C19H20Cl2N4O5S/c1-13-11-23(31(28,29)15-6-4-3-5-7-15)19(16-9-8-14(20)10-17(16)21)25(13)18(26)12-24(27)22-30-2/h3-10,13,19H,11-12H2,1-2H3/b24-22-. The van der Waals surface area contributed by atoms with Crippen molar-refractivity contribution in [3.8, 4) is 0 Å². The van der Waals surface area contributed by atoms with E-state index in [4.69, 9.17) is 23.2 Å². The van der Waals surface area contributed by atoms with Crippen molar-refractivity contribution in [3.63, 3.8) is 0 Å². The topological polar surface area (TPSA) is 105 Å². The highest BCUT2D eigenvalue weighted by Crippen LogP contribution is 2.41. The second kappa shape index (κ2) is 9.39. The first-order valence-electron chi connectivity index (χ1n) is 9.18. The van der Waals surface area contributed by atoms with Gasteiger partial charge in [0.25, 0.3) is 12.5 Å². The number of hydroxylamine groups is 1. The minimum absolute atomic E-state index is 0.00681. The molecule has 1 aliphatic rings. The van der Waals surface area contributed by atoms with Gasteiger partial charge in [-0.3, -0.25) is 4.79 Å². The summed E-state index contributed by atoms with van der Waals surface area (Å²) >= 11 is 12.4. The van der Waals surface area contributed by atoms with Crippen LogP contribution in [0.4, 0.5) is 0 Å². The fraction of sp³-hybridized carbons (Fsp3) is 0.316. The third-order valence-electron chi connectivity index (χ3n) is 4.78. The molecule has 1 saturated heterocycles. The number of rotatable bonds is 6. The maximum absolute atomic E-state index is 13.4. The fourth-order valence-electron chi connectivity index (χ4n) is 3.50. The Labute approximate surface area is 190 Å². The number of benzene rings is 2. The molecule has 0 N–H and O–H groups in total. The maximum Gasteiger partial charge on any atom is 0.294 e. The van der Waals surface area contributed by atoms with Crippen LogP contribution in [0, 0.1) is 5.21 Å². The first-order valence-corrected chi connectivity index (χ1v) is 11.4. The van der Waals surface area contributed by atoms with Crippen LogP contribution in [0.1, 0.15) is 18.7 Å². The summed E-state index contributed by atoms with van der Waals surface area (Å²) in [5.74, 6) is -0.634. The van der Waals surface area contributed by atoms with E-state index in [2.05, 4.69) is 10.1 Å². The first kappa shape index (κ1) is 23.3. The zero-order chi connectivity index (χ0) is 22.8. The predicted molar refractivity (Wildman–Crippen MR) is 114 cm³/mol. The third-order valence-corrected chi connectivity index (χ3v) is 7.17. The van der Waals surface area contributed by atoms with Crippen molar-refractivity contribution in [2.75, 3.05) is 20.2 Å². The summed E-state index contributed by atoms with van der Waals surface area (Å²) in [5.41, 5.74) is 0.365. The Morgan fingerprint density at radius 3 is 2.55 bits per heavy atom. The lowest BCUT2D eigenvalue weighted by molar-refractivity contribution is -0.547. The summed E-state index contributed by atoms with van der Waals surface area (Å²) in [6.45, 7) is 1.05. The normalized spacial score (nSPS) is 20.1. The lowest BCUT2D eigenvalue weighted by Gasteiger charge is -2.31. The number of halogens is 2. The van der Waals surface area contributed by atoms with Gasteiger partial charge in [0.1, 0.15) is 13.3 Å². The molecule has 31 heavy (non-hydrogen) atoms. The minimum Gasteiger partial charge on any atom is -0.597 e. The molecule has 0 spiro atoms. The molecule has 0 bridgehead atoms. The molecule has 1 fully saturated rings. The van der Waals surface area contributed by atoms with Crippen molar-refractivity contribution in [1.29, 1.82) is 0 Å². The van der Waals surface area contributed by atoms with Crippen molar-refractivity contribution < 1.29 is 22.9 Å². The number of hydrogen-bond donors (Lipinski definition) is 0. The van der Waals surface area contributed by atoms with Gasteiger partial charge in [0.2, 0.25) is 10.0 Å². The third kappa shape index (κ3) is 4.77. The van der Waals surface area contributed by atoms with E-state index in [-0.39, 0.29) is 21.3 Å². The predicted octanol–water partition coefficient (Wildman–Crippen LogP) is 3.44. The van der Waals surface area contributed by atoms with Crippen LogP contribution in [0.2, 0.25) is 10.0 Å². The molecule has 2 aromatic carbocycles. The van der Waals surface area contributed by atoms with E-state index in [9.17, 15) is 18.4 Å². The fourth-order valence-corrected chi connectivity index (χ4v) is 5.67. The zero-order valence-electron chi connectivity index (χ0n) is 16.7. The van der Waals surface area contributed by atoms with Crippen LogP contribution in [0.3, 0.4) is 0 Å². The maximum atomic E-state index is 13.4. The van der Waals surface area contributed by atoms with Gasteiger partial charge in [-0.2, -0.15) is 4.31 Å². The Hall–Kier alpha value is -2.40. The van der Waals surface area contributed by atoms with Crippen LogP contribution in [-0.2, 0) is 19.7 Å². The Bertz CT molecular complexity index is 1100. The van der Waals surface area contributed by atoms with Crippen LogP contribution < -0.4 is 0 Å². The van der Waals surface area contributed by atoms with Gasteiger partial charge in [-0.1, -0.05) is 47.5 Å². The molecule has 166 valence electrons. The number of amides is 1.